The first-order valence-electron chi connectivity index (χ1n) is 5.39. The molecule has 1 aliphatic heterocycles. The fourth-order valence-corrected chi connectivity index (χ4v) is 3.14. The maximum Gasteiger partial charge on any atom is 0.301 e. The molecule has 0 atom stereocenters. The number of pyridine rings is 1. The van der Waals surface area contributed by atoms with Crippen LogP contribution in [-0.2, 0) is 10.2 Å². The van der Waals surface area contributed by atoms with Gasteiger partial charge < -0.3 is 0 Å². The second-order valence-electron chi connectivity index (χ2n) is 4.04. The summed E-state index contributed by atoms with van der Waals surface area (Å²) >= 11 is 5.78. The van der Waals surface area contributed by atoms with Gasteiger partial charge in [-0.25, -0.2) is 4.98 Å². The van der Waals surface area contributed by atoms with E-state index in [9.17, 15) is 8.42 Å². The molecule has 0 spiro atoms. The topological polar surface area (TPSA) is 62.3 Å². The lowest BCUT2D eigenvalue weighted by atomic mass is 10.3. The van der Waals surface area contributed by atoms with Crippen molar-refractivity contribution in [2.75, 3.05) is 17.8 Å². The standard InChI is InChI=1S/C10H14ClN3O2S/c1-8-6-9(7-12-10(8)11)13-17(15,16)14-4-2-3-5-14/h6-7,13H,2-5H2,1H3. The Labute approximate surface area is 106 Å². The molecule has 0 unspecified atom stereocenters. The normalized spacial score (nSPS) is 17.3. The van der Waals surface area contributed by atoms with Crippen molar-refractivity contribution in [2.45, 2.75) is 19.8 Å². The van der Waals surface area contributed by atoms with Gasteiger partial charge in [0.2, 0.25) is 0 Å². The summed E-state index contributed by atoms with van der Waals surface area (Å²) < 4.78 is 27.9. The number of nitrogens with zero attached hydrogens (tertiary/aromatic N) is 2. The number of aryl methyl sites for hydroxylation is 1. The molecule has 1 fully saturated rings. The van der Waals surface area contributed by atoms with Crippen molar-refractivity contribution < 1.29 is 8.42 Å². The van der Waals surface area contributed by atoms with Crippen LogP contribution in [0.4, 0.5) is 5.69 Å². The molecule has 1 aromatic heterocycles. The zero-order chi connectivity index (χ0) is 12.5. The summed E-state index contributed by atoms with van der Waals surface area (Å²) in [5, 5.41) is 0.383. The van der Waals surface area contributed by atoms with Crippen LogP contribution < -0.4 is 4.72 Å². The molecule has 1 aromatic rings. The number of nitrogens with one attached hydrogen (secondary N) is 1. The Morgan fingerprint density at radius 2 is 2.06 bits per heavy atom. The maximum absolute atomic E-state index is 12.0. The average molecular weight is 276 g/mol. The lowest BCUT2D eigenvalue weighted by molar-refractivity contribution is 0.482. The molecule has 17 heavy (non-hydrogen) atoms. The van der Waals surface area contributed by atoms with Gasteiger partial charge in [-0.15, -0.1) is 0 Å². The molecule has 0 aliphatic carbocycles. The quantitative estimate of drug-likeness (QED) is 0.856. The lowest BCUT2D eigenvalue weighted by Crippen LogP contribution is -2.33. The largest absolute Gasteiger partial charge is 0.301 e. The highest BCUT2D eigenvalue weighted by atomic mass is 35.5. The minimum Gasteiger partial charge on any atom is -0.269 e. The minimum atomic E-state index is -3.44. The summed E-state index contributed by atoms with van der Waals surface area (Å²) in [7, 11) is -3.44. The lowest BCUT2D eigenvalue weighted by Gasteiger charge is -2.16. The summed E-state index contributed by atoms with van der Waals surface area (Å²) in [6.07, 6.45) is 3.25. The van der Waals surface area contributed by atoms with E-state index in [0.29, 0.717) is 23.9 Å². The van der Waals surface area contributed by atoms with Gasteiger partial charge in [-0.05, 0) is 31.4 Å². The van der Waals surface area contributed by atoms with Gasteiger partial charge >= 0.3 is 10.2 Å². The molecule has 0 amide bonds. The van der Waals surface area contributed by atoms with E-state index in [1.54, 1.807) is 13.0 Å². The van der Waals surface area contributed by atoms with Gasteiger partial charge in [-0.3, -0.25) is 4.72 Å². The van der Waals surface area contributed by atoms with Gasteiger partial charge in [0, 0.05) is 13.1 Å². The van der Waals surface area contributed by atoms with Crippen LogP contribution >= 0.6 is 11.6 Å². The Hall–Kier alpha value is -0.850. The molecule has 1 aliphatic rings. The summed E-state index contributed by atoms with van der Waals surface area (Å²) in [6.45, 7) is 2.94. The van der Waals surface area contributed by atoms with Gasteiger partial charge in [-0.1, -0.05) is 11.6 Å². The minimum absolute atomic E-state index is 0.383. The molecule has 5 nitrogen and oxygen atoms in total. The smallest absolute Gasteiger partial charge is 0.269 e. The molecule has 1 saturated heterocycles. The van der Waals surface area contributed by atoms with Crippen LogP contribution in [0.3, 0.4) is 0 Å². The third kappa shape index (κ3) is 2.88. The third-order valence-corrected chi connectivity index (χ3v) is 4.60. The maximum atomic E-state index is 12.0. The third-order valence-electron chi connectivity index (χ3n) is 2.67. The fourth-order valence-electron chi connectivity index (χ4n) is 1.76. The van der Waals surface area contributed by atoms with Gasteiger partial charge in [0.05, 0.1) is 11.9 Å². The molecule has 1 N–H and O–H groups in total. The Morgan fingerprint density at radius 1 is 1.41 bits per heavy atom. The van der Waals surface area contributed by atoms with Crippen LogP contribution in [0, 0.1) is 6.92 Å². The molecule has 0 saturated carbocycles. The van der Waals surface area contributed by atoms with Crippen LogP contribution in [0.1, 0.15) is 18.4 Å². The van der Waals surface area contributed by atoms with Crippen LogP contribution in [0.5, 0.6) is 0 Å². The van der Waals surface area contributed by atoms with E-state index in [1.807, 2.05) is 0 Å². The molecule has 7 heteroatoms. The molecule has 2 heterocycles. The van der Waals surface area contributed by atoms with Crippen LogP contribution in [-0.4, -0.2) is 30.8 Å². The van der Waals surface area contributed by atoms with E-state index >= 15 is 0 Å². The van der Waals surface area contributed by atoms with Gasteiger partial charge in [0.25, 0.3) is 0 Å². The van der Waals surface area contributed by atoms with Crippen molar-refractivity contribution in [3.8, 4) is 0 Å². The van der Waals surface area contributed by atoms with Crippen molar-refractivity contribution >= 4 is 27.5 Å². The zero-order valence-electron chi connectivity index (χ0n) is 9.48. The number of anilines is 1. The van der Waals surface area contributed by atoms with E-state index in [2.05, 4.69) is 9.71 Å². The highest BCUT2D eigenvalue weighted by Gasteiger charge is 2.25. The Balaban J connectivity index is 2.17. The Morgan fingerprint density at radius 3 is 2.65 bits per heavy atom. The first-order valence-corrected chi connectivity index (χ1v) is 7.21. The molecule has 94 valence electrons. The first-order chi connectivity index (χ1) is 7.99. The molecular weight excluding hydrogens is 262 g/mol. The second kappa shape index (κ2) is 4.80. The van der Waals surface area contributed by atoms with E-state index in [-0.39, 0.29) is 0 Å². The number of rotatable bonds is 3. The summed E-state index contributed by atoms with van der Waals surface area (Å²) in [5.74, 6) is 0. The van der Waals surface area contributed by atoms with Crippen LogP contribution in [0.15, 0.2) is 12.3 Å². The molecule has 0 bridgehead atoms. The summed E-state index contributed by atoms with van der Waals surface area (Å²) in [6, 6.07) is 1.67. The van der Waals surface area contributed by atoms with E-state index in [1.165, 1.54) is 10.5 Å². The van der Waals surface area contributed by atoms with Crippen molar-refractivity contribution in [1.82, 2.24) is 9.29 Å². The highest BCUT2D eigenvalue weighted by molar-refractivity contribution is 7.90. The SMILES string of the molecule is Cc1cc(NS(=O)(=O)N2CCCC2)cnc1Cl. The number of hydrogen-bond donors (Lipinski definition) is 1. The summed E-state index contributed by atoms with van der Waals surface area (Å²) in [5.41, 5.74) is 1.19. The predicted molar refractivity (Wildman–Crippen MR) is 67.3 cm³/mol. The van der Waals surface area contributed by atoms with Gasteiger partial charge in [0.15, 0.2) is 0 Å². The van der Waals surface area contributed by atoms with E-state index < -0.39 is 10.2 Å². The summed E-state index contributed by atoms with van der Waals surface area (Å²) in [4.78, 5) is 3.91. The van der Waals surface area contributed by atoms with E-state index in [0.717, 1.165) is 18.4 Å². The second-order valence-corrected chi connectivity index (χ2v) is 6.07. The number of hydrogen-bond acceptors (Lipinski definition) is 3. The fraction of sp³-hybridized carbons (Fsp3) is 0.500. The Kier molecular flexibility index (Phi) is 3.56. The monoisotopic (exact) mass is 275 g/mol. The van der Waals surface area contributed by atoms with E-state index in [4.69, 9.17) is 11.6 Å². The predicted octanol–water partition coefficient (Wildman–Crippen LogP) is 1.80. The molecule has 0 aromatic carbocycles. The molecule has 2 rings (SSSR count). The average Bonchev–Trinajstić information content (AvgIpc) is 2.77. The van der Waals surface area contributed by atoms with Crippen molar-refractivity contribution in [3.63, 3.8) is 0 Å². The van der Waals surface area contributed by atoms with Crippen molar-refractivity contribution in [3.05, 3.63) is 23.0 Å². The Bertz CT molecular complexity index is 512. The molecule has 0 radical (unpaired) electrons. The van der Waals surface area contributed by atoms with Crippen LogP contribution in [0.2, 0.25) is 5.15 Å². The van der Waals surface area contributed by atoms with Gasteiger partial charge in [-0.2, -0.15) is 12.7 Å². The molecular formula is C10H14ClN3O2S. The zero-order valence-corrected chi connectivity index (χ0v) is 11.1. The van der Waals surface area contributed by atoms with Crippen molar-refractivity contribution in [1.29, 1.82) is 0 Å². The van der Waals surface area contributed by atoms with Crippen LogP contribution in [0.25, 0.3) is 0 Å². The first kappa shape index (κ1) is 12.6. The highest BCUT2D eigenvalue weighted by Crippen LogP contribution is 2.19. The number of aromatic nitrogens is 1. The van der Waals surface area contributed by atoms with Crippen molar-refractivity contribution in [2.24, 2.45) is 0 Å². The number of halogens is 1. The van der Waals surface area contributed by atoms with Gasteiger partial charge in [0.1, 0.15) is 5.15 Å².